The van der Waals surface area contributed by atoms with E-state index in [2.05, 4.69) is 20.7 Å². The third-order valence-corrected chi connectivity index (χ3v) is 8.38. The summed E-state index contributed by atoms with van der Waals surface area (Å²) in [7, 11) is -3.58. The van der Waals surface area contributed by atoms with Gasteiger partial charge in [0.05, 0.1) is 10.9 Å². The quantitative estimate of drug-likeness (QED) is 0.631. The first-order valence-electron chi connectivity index (χ1n) is 10.7. The van der Waals surface area contributed by atoms with Gasteiger partial charge in [0, 0.05) is 23.0 Å². The van der Waals surface area contributed by atoms with Crippen LogP contribution in [0.25, 0.3) is 0 Å². The number of nitrogens with zero attached hydrogens (tertiary/aromatic N) is 1. The van der Waals surface area contributed by atoms with E-state index in [0.29, 0.717) is 25.7 Å². The van der Waals surface area contributed by atoms with Crippen molar-refractivity contribution in [3.8, 4) is 0 Å². The number of amides is 1. The van der Waals surface area contributed by atoms with Crippen LogP contribution in [-0.2, 0) is 14.8 Å². The zero-order chi connectivity index (χ0) is 22.0. The van der Waals surface area contributed by atoms with Gasteiger partial charge in [0.15, 0.2) is 0 Å². The van der Waals surface area contributed by atoms with E-state index in [9.17, 15) is 17.6 Å². The van der Waals surface area contributed by atoms with Gasteiger partial charge in [-0.2, -0.15) is 0 Å². The molecule has 1 heterocycles. The van der Waals surface area contributed by atoms with Crippen LogP contribution in [0.1, 0.15) is 50.1 Å². The fraction of sp³-hybridized carbons (Fsp3) is 0.435. The van der Waals surface area contributed by atoms with Gasteiger partial charge in [0.25, 0.3) is 0 Å². The molecule has 1 aliphatic carbocycles. The molecular formula is C23H26BrFN2O3S. The molecule has 2 aliphatic rings. The fourth-order valence-electron chi connectivity index (χ4n) is 4.66. The highest BCUT2D eigenvalue weighted by molar-refractivity contribution is 9.10. The lowest BCUT2D eigenvalue weighted by molar-refractivity contribution is -0.137. The average molecular weight is 509 g/mol. The minimum Gasteiger partial charge on any atom is -0.335 e. The molecule has 5 nitrogen and oxygen atoms in total. The van der Waals surface area contributed by atoms with Crippen LogP contribution >= 0.6 is 15.9 Å². The van der Waals surface area contributed by atoms with E-state index in [1.54, 1.807) is 36.4 Å². The Labute approximate surface area is 191 Å². The second-order valence-corrected chi connectivity index (χ2v) is 11.0. The Hall–Kier alpha value is -1.77. The Kier molecular flexibility index (Phi) is 6.79. The van der Waals surface area contributed by atoms with E-state index in [-0.39, 0.29) is 34.6 Å². The van der Waals surface area contributed by atoms with Crippen LogP contribution < -0.4 is 4.72 Å². The van der Waals surface area contributed by atoms with Crippen molar-refractivity contribution in [2.75, 3.05) is 6.54 Å². The topological polar surface area (TPSA) is 66.5 Å². The molecule has 4 rings (SSSR count). The monoisotopic (exact) mass is 508 g/mol. The molecule has 8 heteroatoms. The molecule has 1 saturated heterocycles. The van der Waals surface area contributed by atoms with Crippen molar-refractivity contribution < 1.29 is 17.6 Å². The van der Waals surface area contributed by atoms with E-state index in [1.165, 1.54) is 12.1 Å². The molecule has 1 atom stereocenters. The molecule has 1 aliphatic heterocycles. The number of nitrogens with one attached hydrogen (secondary N) is 1. The summed E-state index contributed by atoms with van der Waals surface area (Å²) < 4.78 is 42.2. The summed E-state index contributed by atoms with van der Waals surface area (Å²) in [6.45, 7) is 0.719. The number of benzene rings is 2. The first-order valence-corrected chi connectivity index (χ1v) is 12.9. The van der Waals surface area contributed by atoms with Gasteiger partial charge in [-0.15, -0.1) is 0 Å². The highest BCUT2D eigenvalue weighted by atomic mass is 79.9. The van der Waals surface area contributed by atoms with Crippen molar-refractivity contribution in [1.82, 2.24) is 9.62 Å². The Morgan fingerprint density at radius 1 is 0.968 bits per heavy atom. The summed E-state index contributed by atoms with van der Waals surface area (Å²) in [6, 6.07) is 12.8. The SMILES string of the molecule is O=C([C@H]1CC[C@H](NS(=O)(=O)c2ccc(Br)cc2)CC1)N1CCCC1c1ccc(F)cc1. The van der Waals surface area contributed by atoms with Gasteiger partial charge in [-0.3, -0.25) is 4.79 Å². The van der Waals surface area contributed by atoms with E-state index in [4.69, 9.17) is 0 Å². The summed E-state index contributed by atoms with van der Waals surface area (Å²) in [5.74, 6) is -0.223. The lowest BCUT2D eigenvalue weighted by Crippen LogP contribution is -2.42. The summed E-state index contributed by atoms with van der Waals surface area (Å²) in [6.07, 6.45) is 4.44. The van der Waals surface area contributed by atoms with Gasteiger partial charge >= 0.3 is 0 Å². The number of hydrogen-bond donors (Lipinski definition) is 1. The second-order valence-electron chi connectivity index (χ2n) is 8.36. The van der Waals surface area contributed by atoms with Crippen LogP contribution in [0.2, 0.25) is 0 Å². The van der Waals surface area contributed by atoms with Crippen molar-refractivity contribution in [3.05, 3.63) is 64.4 Å². The van der Waals surface area contributed by atoms with Crippen LogP contribution in [-0.4, -0.2) is 31.8 Å². The molecule has 31 heavy (non-hydrogen) atoms. The van der Waals surface area contributed by atoms with Crippen molar-refractivity contribution in [3.63, 3.8) is 0 Å². The van der Waals surface area contributed by atoms with Crippen molar-refractivity contribution in [2.24, 2.45) is 5.92 Å². The number of carbonyl (C=O) groups is 1. The smallest absolute Gasteiger partial charge is 0.240 e. The van der Waals surface area contributed by atoms with E-state index in [0.717, 1.165) is 29.4 Å². The summed E-state index contributed by atoms with van der Waals surface area (Å²) in [4.78, 5) is 15.4. The summed E-state index contributed by atoms with van der Waals surface area (Å²) in [5, 5.41) is 0. The molecule has 0 radical (unpaired) electrons. The van der Waals surface area contributed by atoms with Crippen LogP contribution in [0, 0.1) is 11.7 Å². The Morgan fingerprint density at radius 3 is 2.26 bits per heavy atom. The van der Waals surface area contributed by atoms with Crippen LogP contribution in [0.5, 0.6) is 0 Å². The molecule has 166 valence electrons. The second kappa shape index (κ2) is 9.38. The molecule has 0 spiro atoms. The number of halogens is 2. The third kappa shape index (κ3) is 5.18. The van der Waals surface area contributed by atoms with Gasteiger partial charge in [0.1, 0.15) is 5.82 Å². The van der Waals surface area contributed by atoms with Crippen LogP contribution in [0.15, 0.2) is 57.9 Å². The normalized spacial score (nSPS) is 24.3. The minimum absolute atomic E-state index is 0.00160. The number of hydrogen-bond acceptors (Lipinski definition) is 3. The summed E-state index contributed by atoms with van der Waals surface area (Å²) >= 11 is 3.31. The molecule has 2 aromatic rings. The maximum absolute atomic E-state index is 13.3. The lowest BCUT2D eigenvalue weighted by Gasteiger charge is -2.33. The number of sulfonamides is 1. The zero-order valence-electron chi connectivity index (χ0n) is 17.1. The zero-order valence-corrected chi connectivity index (χ0v) is 19.5. The minimum atomic E-state index is -3.58. The van der Waals surface area contributed by atoms with Crippen LogP contribution in [0.4, 0.5) is 4.39 Å². The van der Waals surface area contributed by atoms with E-state index < -0.39 is 10.0 Å². The highest BCUT2D eigenvalue weighted by Crippen LogP contribution is 2.36. The fourth-order valence-corrected chi connectivity index (χ4v) is 6.23. The Balaban J connectivity index is 1.35. The predicted octanol–water partition coefficient (Wildman–Crippen LogP) is 4.79. The molecule has 1 saturated carbocycles. The molecule has 1 unspecified atom stereocenters. The predicted molar refractivity (Wildman–Crippen MR) is 120 cm³/mol. The highest BCUT2D eigenvalue weighted by Gasteiger charge is 2.36. The Bertz CT molecular complexity index is 1020. The van der Waals surface area contributed by atoms with Gasteiger partial charge in [-0.1, -0.05) is 28.1 Å². The third-order valence-electron chi connectivity index (χ3n) is 6.31. The van der Waals surface area contributed by atoms with Gasteiger partial charge in [0.2, 0.25) is 15.9 Å². The van der Waals surface area contributed by atoms with Gasteiger partial charge in [-0.25, -0.2) is 17.5 Å². The van der Waals surface area contributed by atoms with Crippen molar-refractivity contribution in [2.45, 2.75) is 55.5 Å². The summed E-state index contributed by atoms with van der Waals surface area (Å²) in [5.41, 5.74) is 0.975. The van der Waals surface area contributed by atoms with Crippen molar-refractivity contribution in [1.29, 1.82) is 0 Å². The number of carbonyl (C=O) groups excluding carboxylic acids is 1. The van der Waals surface area contributed by atoms with E-state index >= 15 is 0 Å². The van der Waals surface area contributed by atoms with Gasteiger partial charge < -0.3 is 4.90 Å². The Morgan fingerprint density at radius 2 is 1.61 bits per heavy atom. The largest absolute Gasteiger partial charge is 0.335 e. The molecule has 1 N–H and O–H groups in total. The lowest BCUT2D eigenvalue weighted by atomic mass is 9.85. The number of likely N-dealkylation sites (tertiary alicyclic amines) is 1. The standard InChI is InChI=1S/C23H26BrFN2O3S/c24-18-7-13-21(14-8-18)31(29,30)26-20-11-5-17(6-12-20)23(28)27-15-1-2-22(27)16-3-9-19(25)10-4-16/h3-4,7-10,13-14,17,20,22,26H,1-2,5-6,11-12,15H2/t17-,20-,22?. The molecular weight excluding hydrogens is 483 g/mol. The number of rotatable bonds is 5. The average Bonchev–Trinajstić information content (AvgIpc) is 3.24. The molecule has 2 aromatic carbocycles. The first kappa shape index (κ1) is 22.4. The maximum Gasteiger partial charge on any atom is 0.240 e. The molecule has 0 aromatic heterocycles. The van der Waals surface area contributed by atoms with E-state index in [1.807, 2.05) is 4.90 Å². The van der Waals surface area contributed by atoms with Gasteiger partial charge in [-0.05, 0) is 80.5 Å². The van der Waals surface area contributed by atoms with Crippen LogP contribution in [0.3, 0.4) is 0 Å². The van der Waals surface area contributed by atoms with Crippen molar-refractivity contribution >= 4 is 31.9 Å². The molecule has 0 bridgehead atoms. The molecule has 2 fully saturated rings. The maximum atomic E-state index is 13.3. The first-order chi connectivity index (χ1) is 14.8. The molecule has 1 amide bonds.